The molecule has 7 heteroatoms. The van der Waals surface area contributed by atoms with E-state index in [-0.39, 0.29) is 17.0 Å². The first-order chi connectivity index (χ1) is 11.6. The first-order valence-corrected chi connectivity index (χ1v) is 6.95. The molecular formula is C17H11FN4O2. The molecular weight excluding hydrogens is 311 g/mol. The highest BCUT2D eigenvalue weighted by molar-refractivity contribution is 5.75. The van der Waals surface area contributed by atoms with Gasteiger partial charge in [-0.15, -0.1) is 0 Å². The zero-order valence-corrected chi connectivity index (χ0v) is 12.6. The van der Waals surface area contributed by atoms with Crippen molar-refractivity contribution in [2.75, 3.05) is 0 Å². The summed E-state index contributed by atoms with van der Waals surface area (Å²) >= 11 is 0. The van der Waals surface area contributed by atoms with Gasteiger partial charge in [0.2, 0.25) is 5.88 Å². The van der Waals surface area contributed by atoms with Gasteiger partial charge in [0.1, 0.15) is 11.9 Å². The molecule has 0 unspecified atom stereocenters. The fraction of sp³-hybridized carbons (Fsp3) is 0.0588. The van der Waals surface area contributed by atoms with Gasteiger partial charge in [-0.05, 0) is 36.2 Å². The molecule has 0 saturated heterocycles. The first kappa shape index (κ1) is 15.4. The van der Waals surface area contributed by atoms with Crippen LogP contribution in [0.25, 0.3) is 16.9 Å². The van der Waals surface area contributed by atoms with Crippen molar-refractivity contribution < 1.29 is 14.3 Å². The molecule has 2 heterocycles. The molecule has 0 fully saturated rings. The van der Waals surface area contributed by atoms with Crippen molar-refractivity contribution in [1.29, 1.82) is 5.26 Å². The van der Waals surface area contributed by atoms with Crippen molar-refractivity contribution in [2.24, 2.45) is 0 Å². The average molecular weight is 322 g/mol. The van der Waals surface area contributed by atoms with Crippen LogP contribution in [0.2, 0.25) is 0 Å². The Labute approximate surface area is 136 Å². The molecule has 6 nitrogen and oxygen atoms in total. The van der Waals surface area contributed by atoms with Crippen molar-refractivity contribution in [3.8, 4) is 28.9 Å². The minimum atomic E-state index is -0.629. The van der Waals surface area contributed by atoms with E-state index in [0.29, 0.717) is 28.8 Å². The number of nitriles is 1. The number of aldehydes is 1. The predicted octanol–water partition coefficient (Wildman–Crippen LogP) is 2.77. The highest BCUT2D eigenvalue weighted by atomic mass is 19.1. The van der Waals surface area contributed by atoms with E-state index in [1.54, 1.807) is 18.2 Å². The smallest absolute Gasteiger partial charge is 0.223 e. The fourth-order valence-corrected chi connectivity index (χ4v) is 2.36. The monoisotopic (exact) mass is 322 g/mol. The van der Waals surface area contributed by atoms with Crippen LogP contribution < -0.4 is 0 Å². The van der Waals surface area contributed by atoms with Crippen LogP contribution in [0.4, 0.5) is 4.39 Å². The number of hydrogen-bond acceptors (Lipinski definition) is 5. The maximum absolute atomic E-state index is 14.1. The third-order valence-electron chi connectivity index (χ3n) is 3.66. The molecule has 0 atom stereocenters. The summed E-state index contributed by atoms with van der Waals surface area (Å²) in [6.07, 6.45) is 3.41. The molecule has 2 aromatic heterocycles. The standard InChI is InChI=1S/C17H11FN4O2/c1-10-13(4-3-12(6-19)16(10)18)14-8-21-22(17(14)24)15-5-2-11(9-23)7-20-15/h2-5,7-9,24H,1H3. The zero-order valence-electron chi connectivity index (χ0n) is 12.6. The molecule has 0 amide bonds. The Morgan fingerprint density at radius 1 is 1.25 bits per heavy atom. The molecule has 3 rings (SSSR count). The first-order valence-electron chi connectivity index (χ1n) is 6.95. The summed E-state index contributed by atoms with van der Waals surface area (Å²) in [6.45, 7) is 1.53. The van der Waals surface area contributed by atoms with Gasteiger partial charge < -0.3 is 5.11 Å². The number of pyridine rings is 1. The van der Waals surface area contributed by atoms with Crippen molar-refractivity contribution in [3.05, 3.63) is 59.2 Å². The lowest BCUT2D eigenvalue weighted by Gasteiger charge is -2.07. The summed E-state index contributed by atoms with van der Waals surface area (Å²) in [5.74, 6) is -0.528. The molecule has 3 aromatic rings. The van der Waals surface area contributed by atoms with Crippen molar-refractivity contribution >= 4 is 6.29 Å². The largest absolute Gasteiger partial charge is 0.493 e. The fourth-order valence-electron chi connectivity index (χ4n) is 2.36. The van der Waals surface area contributed by atoms with E-state index in [0.717, 1.165) is 0 Å². The highest BCUT2D eigenvalue weighted by Crippen LogP contribution is 2.34. The number of benzene rings is 1. The maximum atomic E-state index is 14.1. The highest BCUT2D eigenvalue weighted by Gasteiger charge is 2.18. The van der Waals surface area contributed by atoms with Crippen LogP contribution in [0.1, 0.15) is 21.5 Å². The number of carbonyl (C=O) groups is 1. The van der Waals surface area contributed by atoms with E-state index in [4.69, 9.17) is 5.26 Å². The number of carbonyl (C=O) groups excluding carboxylic acids is 1. The average Bonchev–Trinajstić information content (AvgIpc) is 2.99. The molecule has 0 spiro atoms. The Bertz CT molecular complexity index is 971. The SMILES string of the molecule is Cc1c(-c2cnn(-c3ccc(C=O)cn3)c2O)ccc(C#N)c1F. The molecule has 1 aromatic carbocycles. The Morgan fingerprint density at radius 3 is 2.67 bits per heavy atom. The third kappa shape index (κ3) is 2.40. The van der Waals surface area contributed by atoms with Gasteiger partial charge in [0.05, 0.1) is 17.3 Å². The topological polar surface area (TPSA) is 91.8 Å². The third-order valence-corrected chi connectivity index (χ3v) is 3.66. The number of aromatic nitrogens is 3. The number of rotatable bonds is 3. The maximum Gasteiger partial charge on any atom is 0.223 e. The van der Waals surface area contributed by atoms with E-state index in [1.165, 1.54) is 36.1 Å². The van der Waals surface area contributed by atoms with Gasteiger partial charge in [0, 0.05) is 11.8 Å². The second kappa shape index (κ2) is 5.93. The summed E-state index contributed by atoms with van der Waals surface area (Å²) in [5, 5.41) is 23.3. The molecule has 1 N–H and O–H groups in total. The minimum absolute atomic E-state index is 0.0609. The summed E-state index contributed by atoms with van der Waals surface area (Å²) < 4.78 is 15.3. The molecule has 0 aliphatic heterocycles. The van der Waals surface area contributed by atoms with Crippen LogP contribution in [0.5, 0.6) is 5.88 Å². The summed E-state index contributed by atoms with van der Waals surface area (Å²) in [6, 6.07) is 7.76. The van der Waals surface area contributed by atoms with Gasteiger partial charge in [-0.3, -0.25) is 4.79 Å². The van der Waals surface area contributed by atoms with E-state index in [1.807, 2.05) is 0 Å². The molecule has 118 valence electrons. The summed E-state index contributed by atoms with van der Waals surface area (Å²) in [7, 11) is 0. The Morgan fingerprint density at radius 2 is 2.04 bits per heavy atom. The molecule has 0 bridgehead atoms. The second-order valence-electron chi connectivity index (χ2n) is 5.07. The van der Waals surface area contributed by atoms with Gasteiger partial charge in [-0.2, -0.15) is 15.0 Å². The number of halogens is 1. The van der Waals surface area contributed by atoms with E-state index < -0.39 is 5.82 Å². The van der Waals surface area contributed by atoms with Gasteiger partial charge in [0.15, 0.2) is 12.1 Å². The minimum Gasteiger partial charge on any atom is -0.493 e. The van der Waals surface area contributed by atoms with Gasteiger partial charge in [0.25, 0.3) is 0 Å². The predicted molar refractivity (Wildman–Crippen MR) is 83.3 cm³/mol. The lowest BCUT2D eigenvalue weighted by Crippen LogP contribution is -1.99. The normalized spacial score (nSPS) is 10.4. The zero-order chi connectivity index (χ0) is 17.3. The van der Waals surface area contributed by atoms with Gasteiger partial charge in [-0.1, -0.05) is 6.07 Å². The quantitative estimate of drug-likeness (QED) is 0.749. The van der Waals surface area contributed by atoms with E-state index in [2.05, 4.69) is 10.1 Å². The van der Waals surface area contributed by atoms with Crippen LogP contribution in [-0.2, 0) is 0 Å². The van der Waals surface area contributed by atoms with E-state index >= 15 is 0 Å². The van der Waals surface area contributed by atoms with Crippen LogP contribution in [0, 0.1) is 24.1 Å². The van der Waals surface area contributed by atoms with Crippen LogP contribution >= 0.6 is 0 Å². The molecule has 0 aliphatic carbocycles. The van der Waals surface area contributed by atoms with E-state index in [9.17, 15) is 14.3 Å². The van der Waals surface area contributed by atoms with Crippen molar-refractivity contribution in [3.63, 3.8) is 0 Å². The molecule has 24 heavy (non-hydrogen) atoms. The number of aromatic hydroxyl groups is 1. The summed E-state index contributed by atoms with van der Waals surface area (Å²) in [5.41, 5.74) is 1.33. The van der Waals surface area contributed by atoms with Crippen LogP contribution in [0.15, 0.2) is 36.7 Å². The summed E-state index contributed by atoms with van der Waals surface area (Å²) in [4.78, 5) is 14.7. The van der Waals surface area contributed by atoms with Gasteiger partial charge in [-0.25, -0.2) is 9.37 Å². The van der Waals surface area contributed by atoms with Crippen molar-refractivity contribution in [2.45, 2.75) is 6.92 Å². The Kier molecular flexibility index (Phi) is 3.80. The lowest BCUT2D eigenvalue weighted by atomic mass is 10.00. The van der Waals surface area contributed by atoms with Gasteiger partial charge >= 0.3 is 0 Å². The lowest BCUT2D eigenvalue weighted by molar-refractivity contribution is 0.112. The molecule has 0 radical (unpaired) electrons. The number of hydrogen-bond donors (Lipinski definition) is 1. The van der Waals surface area contributed by atoms with Crippen molar-refractivity contribution in [1.82, 2.24) is 14.8 Å². The second-order valence-corrected chi connectivity index (χ2v) is 5.07. The van der Waals surface area contributed by atoms with Crippen LogP contribution in [0.3, 0.4) is 0 Å². The number of nitrogens with zero attached hydrogens (tertiary/aromatic N) is 4. The Hall–Kier alpha value is -3.53. The molecule has 0 saturated carbocycles. The molecule has 0 aliphatic rings. The Balaban J connectivity index is 2.09. The van der Waals surface area contributed by atoms with Crippen LogP contribution in [-0.4, -0.2) is 26.2 Å².